The zero-order valence-corrected chi connectivity index (χ0v) is 17.5. The number of hydrogen-bond donors (Lipinski definition) is 1. The van der Waals surface area contributed by atoms with Crippen molar-refractivity contribution in [3.63, 3.8) is 0 Å². The number of aryl methyl sites for hydroxylation is 1. The minimum Gasteiger partial charge on any atom is -0.306 e. The lowest BCUT2D eigenvalue weighted by molar-refractivity contribution is -0.118. The number of amidine groups is 1. The molecule has 4 rings (SSSR count). The predicted molar refractivity (Wildman–Crippen MR) is 115 cm³/mol. The normalized spacial score (nSPS) is 18.2. The molecule has 1 unspecified atom stereocenters. The molecule has 0 spiro atoms. The van der Waals surface area contributed by atoms with Gasteiger partial charge < -0.3 is 5.32 Å². The van der Waals surface area contributed by atoms with Crippen LogP contribution in [-0.2, 0) is 10.2 Å². The average molecular weight is 405 g/mol. The van der Waals surface area contributed by atoms with Gasteiger partial charge in [-0.05, 0) is 30.0 Å². The molecule has 1 aromatic carbocycles. The van der Waals surface area contributed by atoms with E-state index in [9.17, 15) is 9.59 Å². The van der Waals surface area contributed by atoms with Crippen molar-refractivity contribution in [2.75, 3.05) is 12.4 Å². The largest absolute Gasteiger partial charge is 0.306 e. The number of rotatable bonds is 2. The van der Waals surface area contributed by atoms with Crippen LogP contribution >= 0.6 is 0 Å². The maximum atomic E-state index is 12.8. The molecule has 9 nitrogen and oxygen atoms in total. The molecular weight excluding hydrogens is 382 g/mol. The molecule has 154 valence electrons. The molecule has 2 aliphatic heterocycles. The highest BCUT2D eigenvalue weighted by Gasteiger charge is 2.35. The number of aromatic nitrogens is 2. The van der Waals surface area contributed by atoms with E-state index in [1.165, 1.54) is 15.9 Å². The number of carbonyl (C=O) groups is 2. The van der Waals surface area contributed by atoms with E-state index in [4.69, 9.17) is 0 Å². The van der Waals surface area contributed by atoms with Crippen LogP contribution in [-0.4, -0.2) is 51.7 Å². The molecule has 1 atom stereocenters. The molecule has 0 bridgehead atoms. The second-order valence-corrected chi connectivity index (χ2v) is 8.35. The number of aliphatic imine (C=N–C) groups is 2. The lowest BCUT2D eigenvalue weighted by Crippen LogP contribution is -2.35. The second-order valence-electron chi connectivity index (χ2n) is 8.35. The van der Waals surface area contributed by atoms with Crippen LogP contribution in [0.2, 0.25) is 0 Å². The number of hydrazone groups is 1. The van der Waals surface area contributed by atoms with Crippen molar-refractivity contribution in [1.29, 1.82) is 0 Å². The highest BCUT2D eigenvalue weighted by Crippen LogP contribution is 2.23. The SMILES string of the molecule is Cc1cc(NC(=O)c2ccc(C(C)(C)C)cc2)n(C2=NC(=O)C3C=NN(C)C3=N2)n1. The van der Waals surface area contributed by atoms with E-state index in [0.29, 0.717) is 22.9 Å². The summed E-state index contributed by atoms with van der Waals surface area (Å²) in [4.78, 5) is 33.6. The quantitative estimate of drug-likeness (QED) is 0.828. The smallest absolute Gasteiger partial charge is 0.265 e. The molecule has 3 heterocycles. The van der Waals surface area contributed by atoms with Crippen molar-refractivity contribution in [2.24, 2.45) is 21.0 Å². The van der Waals surface area contributed by atoms with E-state index in [-0.39, 0.29) is 23.2 Å². The van der Waals surface area contributed by atoms with Crippen LogP contribution in [0.4, 0.5) is 5.82 Å². The van der Waals surface area contributed by atoms with E-state index in [0.717, 1.165) is 5.56 Å². The Labute approximate surface area is 174 Å². The summed E-state index contributed by atoms with van der Waals surface area (Å²) in [6.07, 6.45) is 1.51. The van der Waals surface area contributed by atoms with E-state index >= 15 is 0 Å². The highest BCUT2D eigenvalue weighted by molar-refractivity contribution is 6.24. The summed E-state index contributed by atoms with van der Waals surface area (Å²) in [6, 6.07) is 9.18. The number of anilines is 1. The van der Waals surface area contributed by atoms with Crippen molar-refractivity contribution < 1.29 is 9.59 Å². The minimum absolute atomic E-state index is 0.00451. The average Bonchev–Trinajstić information content (AvgIpc) is 3.24. The van der Waals surface area contributed by atoms with Gasteiger partial charge in [0, 0.05) is 24.9 Å². The van der Waals surface area contributed by atoms with Gasteiger partial charge in [-0.25, -0.2) is 0 Å². The fraction of sp³-hybridized carbons (Fsp3) is 0.333. The van der Waals surface area contributed by atoms with Crippen molar-refractivity contribution in [2.45, 2.75) is 33.1 Å². The van der Waals surface area contributed by atoms with Gasteiger partial charge in [0.2, 0.25) is 0 Å². The van der Waals surface area contributed by atoms with Crippen molar-refractivity contribution in [3.8, 4) is 0 Å². The van der Waals surface area contributed by atoms with Crippen LogP contribution in [0.3, 0.4) is 0 Å². The Morgan fingerprint density at radius 3 is 2.50 bits per heavy atom. The first-order valence-corrected chi connectivity index (χ1v) is 9.61. The van der Waals surface area contributed by atoms with E-state index in [1.807, 2.05) is 12.1 Å². The lowest BCUT2D eigenvalue weighted by atomic mass is 9.87. The molecule has 0 saturated carbocycles. The number of amides is 2. The summed E-state index contributed by atoms with van der Waals surface area (Å²) < 4.78 is 1.37. The zero-order chi connectivity index (χ0) is 21.6. The third kappa shape index (κ3) is 3.54. The Kier molecular flexibility index (Phi) is 4.60. The standard InChI is InChI=1S/C21H23N7O2/c1-12-10-16(23-18(29)13-6-8-14(9-7-13)21(2,3)4)28(26-12)20-24-17-15(19(30)25-20)11-22-27(17)5/h6-11,15H,1-5H3,(H,23,29). The first kappa shape index (κ1) is 19.7. The maximum Gasteiger partial charge on any atom is 0.265 e. The summed E-state index contributed by atoms with van der Waals surface area (Å²) in [5.74, 6) is -0.274. The third-order valence-corrected chi connectivity index (χ3v) is 4.97. The Balaban J connectivity index is 1.61. The second kappa shape index (κ2) is 7.01. The number of hydrogen-bond acceptors (Lipinski definition) is 6. The summed E-state index contributed by atoms with van der Waals surface area (Å²) in [5, 5.41) is 12.8. The fourth-order valence-electron chi connectivity index (χ4n) is 3.25. The molecular formula is C21H23N7O2. The minimum atomic E-state index is -0.574. The number of carbonyl (C=O) groups excluding carboxylic acids is 2. The Bertz CT molecular complexity index is 1120. The molecule has 0 radical (unpaired) electrons. The lowest BCUT2D eigenvalue weighted by Gasteiger charge is -2.19. The number of nitrogens with zero attached hydrogens (tertiary/aromatic N) is 6. The summed E-state index contributed by atoms with van der Waals surface area (Å²) in [7, 11) is 1.71. The van der Waals surface area contributed by atoms with Gasteiger partial charge >= 0.3 is 0 Å². The van der Waals surface area contributed by atoms with Gasteiger partial charge in [-0.1, -0.05) is 32.9 Å². The number of fused-ring (bicyclic) bond motifs is 1. The monoisotopic (exact) mass is 405 g/mol. The van der Waals surface area contributed by atoms with Gasteiger partial charge in [-0.3, -0.25) is 14.6 Å². The molecule has 1 N–H and O–H groups in total. The van der Waals surface area contributed by atoms with Crippen LogP contribution < -0.4 is 5.32 Å². The van der Waals surface area contributed by atoms with Crippen LogP contribution in [0.15, 0.2) is 45.4 Å². The van der Waals surface area contributed by atoms with Crippen LogP contribution in [0, 0.1) is 12.8 Å². The highest BCUT2D eigenvalue weighted by atomic mass is 16.2. The zero-order valence-electron chi connectivity index (χ0n) is 17.5. The molecule has 0 aliphatic carbocycles. The van der Waals surface area contributed by atoms with Gasteiger partial charge in [-0.15, -0.1) is 0 Å². The molecule has 1 aromatic heterocycles. The molecule has 9 heteroatoms. The molecule has 2 aliphatic rings. The maximum absolute atomic E-state index is 12.8. The molecule has 2 aromatic rings. The van der Waals surface area contributed by atoms with E-state index in [1.54, 1.807) is 32.2 Å². The Hall–Kier alpha value is -3.62. The van der Waals surface area contributed by atoms with Gasteiger partial charge in [-0.2, -0.15) is 24.9 Å². The van der Waals surface area contributed by atoms with Gasteiger partial charge in [0.25, 0.3) is 17.8 Å². The molecule has 0 saturated heterocycles. The molecule has 2 amide bonds. The van der Waals surface area contributed by atoms with Crippen LogP contribution in [0.5, 0.6) is 0 Å². The number of nitrogens with one attached hydrogen (secondary N) is 1. The number of benzene rings is 1. The van der Waals surface area contributed by atoms with Crippen molar-refractivity contribution in [1.82, 2.24) is 14.8 Å². The summed E-state index contributed by atoms with van der Waals surface area (Å²) in [6.45, 7) is 8.15. The molecule has 0 fully saturated rings. The summed E-state index contributed by atoms with van der Waals surface area (Å²) >= 11 is 0. The first-order chi connectivity index (χ1) is 14.1. The van der Waals surface area contributed by atoms with Crippen molar-refractivity contribution >= 4 is 35.6 Å². The fourth-order valence-corrected chi connectivity index (χ4v) is 3.25. The van der Waals surface area contributed by atoms with Crippen molar-refractivity contribution in [3.05, 3.63) is 47.2 Å². The molecule has 30 heavy (non-hydrogen) atoms. The topological polar surface area (TPSA) is 104 Å². The van der Waals surface area contributed by atoms with E-state index < -0.39 is 5.92 Å². The van der Waals surface area contributed by atoms with Crippen LogP contribution in [0.1, 0.15) is 42.4 Å². The van der Waals surface area contributed by atoms with Gasteiger partial charge in [0.1, 0.15) is 17.6 Å². The van der Waals surface area contributed by atoms with Gasteiger partial charge in [0.05, 0.1) is 5.69 Å². The van der Waals surface area contributed by atoms with E-state index in [2.05, 4.69) is 46.3 Å². The Morgan fingerprint density at radius 2 is 1.83 bits per heavy atom. The Morgan fingerprint density at radius 1 is 1.13 bits per heavy atom. The predicted octanol–water partition coefficient (Wildman–Crippen LogP) is 2.43. The van der Waals surface area contributed by atoms with Crippen LogP contribution in [0.25, 0.3) is 0 Å². The summed E-state index contributed by atoms with van der Waals surface area (Å²) in [5.41, 5.74) is 2.32. The first-order valence-electron chi connectivity index (χ1n) is 9.61. The third-order valence-electron chi connectivity index (χ3n) is 4.97. The van der Waals surface area contributed by atoms with Gasteiger partial charge in [0.15, 0.2) is 0 Å².